The summed E-state index contributed by atoms with van der Waals surface area (Å²) in [5.41, 5.74) is 0. The van der Waals surface area contributed by atoms with Gasteiger partial charge in [-0.05, 0) is 6.42 Å². The zero-order valence-electron chi connectivity index (χ0n) is 6.52. The summed E-state index contributed by atoms with van der Waals surface area (Å²) in [4.78, 5) is 10.6. The average molecular weight is 182 g/mol. The number of ether oxygens (including phenoxy) is 1. The van der Waals surface area contributed by atoms with Crippen LogP contribution in [0.3, 0.4) is 0 Å². The van der Waals surface area contributed by atoms with Crippen LogP contribution < -0.4 is 0 Å². The van der Waals surface area contributed by atoms with Crippen molar-refractivity contribution in [2.24, 2.45) is 5.92 Å². The molecule has 1 fully saturated rings. The number of cyclic esters (lactones) is 1. The van der Waals surface area contributed by atoms with Gasteiger partial charge in [-0.3, -0.25) is 4.79 Å². The Balaban J connectivity index is 2.64. The minimum Gasteiger partial charge on any atom is -0.462 e. The van der Waals surface area contributed by atoms with Gasteiger partial charge < -0.3 is 4.74 Å². The molecule has 70 valence electrons. The molecular formula is C7H9F3O2. The molecule has 0 aromatic rings. The normalized spacial score (nSPS) is 30.5. The lowest BCUT2D eigenvalue weighted by atomic mass is 10.0. The second-order valence-corrected chi connectivity index (χ2v) is 2.80. The third kappa shape index (κ3) is 1.70. The average Bonchev–Trinajstić information content (AvgIpc) is 2.29. The summed E-state index contributed by atoms with van der Waals surface area (Å²) in [6.45, 7) is 1.69. The van der Waals surface area contributed by atoms with Gasteiger partial charge in [0.25, 0.3) is 0 Å². The lowest BCUT2D eigenvalue weighted by Gasteiger charge is -2.09. The molecule has 1 aliphatic rings. The van der Waals surface area contributed by atoms with Crippen molar-refractivity contribution in [3.05, 3.63) is 0 Å². The molecule has 1 aliphatic heterocycles. The molecule has 1 rings (SSSR count). The maximum Gasteiger partial charge on any atom is 0.402 e. The maximum absolute atomic E-state index is 12.0. The van der Waals surface area contributed by atoms with Crippen molar-refractivity contribution >= 4 is 5.97 Å². The van der Waals surface area contributed by atoms with E-state index in [-0.39, 0.29) is 6.42 Å². The first-order chi connectivity index (χ1) is 5.45. The predicted octanol–water partition coefficient (Wildman–Crippen LogP) is 1.89. The van der Waals surface area contributed by atoms with Crippen LogP contribution in [0.1, 0.15) is 19.8 Å². The summed E-state index contributed by atoms with van der Waals surface area (Å²) in [7, 11) is 0. The molecule has 0 amide bonds. The van der Waals surface area contributed by atoms with Crippen LogP contribution in [-0.4, -0.2) is 18.2 Å². The second-order valence-electron chi connectivity index (χ2n) is 2.80. The number of rotatable bonds is 1. The molecule has 0 aromatic heterocycles. The highest BCUT2D eigenvalue weighted by Crippen LogP contribution is 2.36. The van der Waals surface area contributed by atoms with E-state index in [1.54, 1.807) is 6.92 Å². The van der Waals surface area contributed by atoms with Crippen molar-refractivity contribution in [3.8, 4) is 0 Å². The standard InChI is InChI=1S/C7H9F3O2/c1-2-4-3-5(6(11)12-4)7(8,9)10/h4-5H,2-3H2,1H3/t4-,5+/m1/s1. The number of esters is 1. The molecule has 0 N–H and O–H groups in total. The number of hydrogen-bond acceptors (Lipinski definition) is 2. The SMILES string of the molecule is CC[C@@H]1C[C@H](C(F)(F)F)C(=O)O1. The van der Waals surface area contributed by atoms with E-state index in [1.165, 1.54) is 0 Å². The monoisotopic (exact) mass is 182 g/mol. The van der Waals surface area contributed by atoms with E-state index in [4.69, 9.17) is 0 Å². The Bertz CT molecular complexity index is 188. The van der Waals surface area contributed by atoms with E-state index >= 15 is 0 Å². The quantitative estimate of drug-likeness (QED) is 0.579. The predicted molar refractivity (Wildman–Crippen MR) is 34.3 cm³/mol. The van der Waals surface area contributed by atoms with Crippen LogP contribution in [0.25, 0.3) is 0 Å². The number of carbonyl (C=O) groups excluding carboxylic acids is 1. The molecule has 0 unspecified atom stereocenters. The summed E-state index contributed by atoms with van der Waals surface area (Å²) in [6, 6.07) is 0. The molecule has 0 spiro atoms. The Hall–Kier alpha value is -0.740. The second kappa shape index (κ2) is 2.95. The maximum atomic E-state index is 12.0. The van der Waals surface area contributed by atoms with Crippen molar-refractivity contribution in [3.63, 3.8) is 0 Å². The minimum absolute atomic E-state index is 0.223. The van der Waals surface area contributed by atoms with Crippen LogP contribution in [0, 0.1) is 5.92 Å². The van der Waals surface area contributed by atoms with Gasteiger partial charge in [0.05, 0.1) is 0 Å². The van der Waals surface area contributed by atoms with E-state index in [1.807, 2.05) is 0 Å². The van der Waals surface area contributed by atoms with Gasteiger partial charge in [0.15, 0.2) is 5.92 Å². The van der Waals surface area contributed by atoms with Gasteiger partial charge in [0, 0.05) is 6.42 Å². The number of carbonyl (C=O) groups is 1. The fourth-order valence-electron chi connectivity index (χ4n) is 1.17. The van der Waals surface area contributed by atoms with Gasteiger partial charge >= 0.3 is 12.1 Å². The summed E-state index contributed by atoms with van der Waals surface area (Å²) >= 11 is 0. The Morgan fingerprint density at radius 2 is 2.17 bits per heavy atom. The highest BCUT2D eigenvalue weighted by Gasteiger charge is 2.51. The minimum atomic E-state index is -4.44. The largest absolute Gasteiger partial charge is 0.462 e. The Kier molecular flexibility index (Phi) is 2.30. The summed E-state index contributed by atoms with van der Waals surface area (Å²) in [6.07, 6.45) is -4.78. The van der Waals surface area contributed by atoms with Crippen molar-refractivity contribution in [1.29, 1.82) is 0 Å². The van der Waals surface area contributed by atoms with Gasteiger partial charge in [-0.1, -0.05) is 6.92 Å². The highest BCUT2D eigenvalue weighted by atomic mass is 19.4. The fraction of sp³-hybridized carbons (Fsp3) is 0.857. The van der Waals surface area contributed by atoms with Crippen LogP contribution in [0.4, 0.5) is 13.2 Å². The smallest absolute Gasteiger partial charge is 0.402 e. The summed E-state index contributed by atoms with van der Waals surface area (Å²) in [5.74, 6) is -3.03. The van der Waals surface area contributed by atoms with Gasteiger partial charge in [0.1, 0.15) is 6.10 Å². The molecule has 1 saturated heterocycles. The lowest BCUT2D eigenvalue weighted by molar-refractivity contribution is -0.185. The molecule has 0 saturated carbocycles. The number of hydrogen-bond donors (Lipinski definition) is 0. The Morgan fingerprint density at radius 3 is 2.42 bits per heavy atom. The topological polar surface area (TPSA) is 26.3 Å². The summed E-state index contributed by atoms with van der Waals surface area (Å²) in [5, 5.41) is 0. The van der Waals surface area contributed by atoms with Gasteiger partial charge in [-0.15, -0.1) is 0 Å². The Morgan fingerprint density at radius 1 is 1.58 bits per heavy atom. The summed E-state index contributed by atoms with van der Waals surface area (Å²) < 4.78 is 40.6. The van der Waals surface area contributed by atoms with E-state index in [0.717, 1.165) is 0 Å². The van der Waals surface area contributed by atoms with E-state index in [9.17, 15) is 18.0 Å². The van der Waals surface area contributed by atoms with Gasteiger partial charge in [-0.2, -0.15) is 13.2 Å². The highest BCUT2D eigenvalue weighted by molar-refractivity contribution is 5.75. The van der Waals surface area contributed by atoms with Gasteiger partial charge in [-0.25, -0.2) is 0 Å². The third-order valence-corrected chi connectivity index (χ3v) is 1.92. The fourth-order valence-corrected chi connectivity index (χ4v) is 1.17. The first-order valence-corrected chi connectivity index (χ1v) is 3.72. The van der Waals surface area contributed by atoms with Crippen molar-refractivity contribution in [1.82, 2.24) is 0 Å². The molecule has 5 heteroatoms. The molecule has 0 bridgehead atoms. The molecule has 2 nitrogen and oxygen atoms in total. The molecule has 12 heavy (non-hydrogen) atoms. The zero-order valence-corrected chi connectivity index (χ0v) is 6.52. The van der Waals surface area contributed by atoms with Crippen LogP contribution in [-0.2, 0) is 9.53 Å². The van der Waals surface area contributed by atoms with Crippen LogP contribution >= 0.6 is 0 Å². The van der Waals surface area contributed by atoms with Crippen molar-refractivity contribution < 1.29 is 22.7 Å². The van der Waals surface area contributed by atoms with E-state index in [2.05, 4.69) is 4.74 Å². The van der Waals surface area contributed by atoms with Gasteiger partial charge in [0.2, 0.25) is 0 Å². The first kappa shape index (κ1) is 9.35. The van der Waals surface area contributed by atoms with E-state index < -0.39 is 24.2 Å². The van der Waals surface area contributed by atoms with Crippen molar-refractivity contribution in [2.45, 2.75) is 32.0 Å². The van der Waals surface area contributed by atoms with Crippen LogP contribution in [0.15, 0.2) is 0 Å². The Labute approximate surface area is 67.7 Å². The third-order valence-electron chi connectivity index (χ3n) is 1.92. The van der Waals surface area contributed by atoms with Crippen LogP contribution in [0.2, 0.25) is 0 Å². The molecule has 1 heterocycles. The van der Waals surface area contributed by atoms with Crippen LogP contribution in [0.5, 0.6) is 0 Å². The molecule has 0 radical (unpaired) electrons. The lowest BCUT2D eigenvalue weighted by Crippen LogP contribution is -2.26. The van der Waals surface area contributed by atoms with E-state index in [0.29, 0.717) is 6.42 Å². The first-order valence-electron chi connectivity index (χ1n) is 3.72. The molecule has 2 atom stereocenters. The zero-order chi connectivity index (χ0) is 9.35. The van der Waals surface area contributed by atoms with Crippen molar-refractivity contribution in [2.75, 3.05) is 0 Å². The molecular weight excluding hydrogens is 173 g/mol. The number of halogens is 3. The molecule has 0 aliphatic carbocycles. The molecule has 0 aromatic carbocycles. The number of alkyl halides is 3.